The molecule has 40 heavy (non-hydrogen) atoms. The van der Waals surface area contributed by atoms with E-state index in [0.717, 1.165) is 22.8 Å². The summed E-state index contributed by atoms with van der Waals surface area (Å²) in [4.78, 5) is 49.5. The fourth-order valence-electron chi connectivity index (χ4n) is 4.60. The Morgan fingerprint density at radius 1 is 0.575 bits per heavy atom. The molecular formula is C30H30N6O4. The van der Waals surface area contributed by atoms with Crippen molar-refractivity contribution in [3.8, 4) is 0 Å². The van der Waals surface area contributed by atoms with E-state index in [9.17, 15) is 9.59 Å². The van der Waals surface area contributed by atoms with Gasteiger partial charge in [0.05, 0.1) is 24.6 Å². The van der Waals surface area contributed by atoms with E-state index in [1.807, 2.05) is 84.3 Å². The zero-order valence-corrected chi connectivity index (χ0v) is 22.9. The normalized spacial score (nSPS) is 12.0. The van der Waals surface area contributed by atoms with Crippen LogP contribution in [0.3, 0.4) is 0 Å². The van der Waals surface area contributed by atoms with Crippen LogP contribution in [0.25, 0.3) is 0 Å². The second-order valence-electron chi connectivity index (χ2n) is 8.82. The second-order valence-corrected chi connectivity index (χ2v) is 8.82. The number of hydrogen-bond acceptors (Lipinski definition) is 10. The maximum Gasteiger partial charge on any atom is 0.359 e. The Bertz CT molecular complexity index is 1430. The van der Waals surface area contributed by atoms with E-state index in [2.05, 4.69) is 0 Å². The maximum absolute atomic E-state index is 13.1. The minimum Gasteiger partial charge on any atom is -0.461 e. The molecule has 1 aliphatic rings. The molecule has 204 valence electrons. The van der Waals surface area contributed by atoms with Gasteiger partial charge in [-0.15, -0.1) is 0 Å². The molecule has 2 aromatic heterocycles. The zero-order chi connectivity index (χ0) is 28.2. The lowest BCUT2D eigenvalue weighted by molar-refractivity contribution is 0.0468. The van der Waals surface area contributed by atoms with Crippen molar-refractivity contribution in [1.29, 1.82) is 0 Å². The highest BCUT2D eigenvalue weighted by Crippen LogP contribution is 2.51. The number of aromatic nitrogens is 4. The van der Waals surface area contributed by atoms with Crippen LogP contribution in [0.2, 0.25) is 0 Å². The van der Waals surface area contributed by atoms with E-state index in [0.29, 0.717) is 36.1 Å². The van der Waals surface area contributed by atoms with Crippen LogP contribution in [0.5, 0.6) is 0 Å². The quantitative estimate of drug-likeness (QED) is 0.218. The van der Waals surface area contributed by atoms with Crippen molar-refractivity contribution in [2.24, 2.45) is 0 Å². The number of esters is 2. The Morgan fingerprint density at radius 3 is 1.25 bits per heavy atom. The van der Waals surface area contributed by atoms with Crippen molar-refractivity contribution in [1.82, 2.24) is 19.9 Å². The van der Waals surface area contributed by atoms with Crippen LogP contribution in [-0.2, 0) is 22.3 Å². The molecule has 2 aromatic carbocycles. The summed E-state index contributed by atoms with van der Waals surface area (Å²) < 4.78 is 10.5. The largest absolute Gasteiger partial charge is 0.461 e. The Labute approximate surface area is 232 Å². The summed E-state index contributed by atoms with van der Waals surface area (Å²) in [5.41, 5.74) is 2.74. The zero-order valence-electron chi connectivity index (χ0n) is 22.9. The van der Waals surface area contributed by atoms with Crippen molar-refractivity contribution < 1.29 is 19.1 Å². The average molecular weight is 539 g/mol. The van der Waals surface area contributed by atoms with Crippen molar-refractivity contribution in [2.75, 3.05) is 23.0 Å². The molecule has 1 aliphatic heterocycles. The van der Waals surface area contributed by atoms with Gasteiger partial charge < -0.3 is 9.47 Å². The first-order chi connectivity index (χ1) is 19.5. The molecule has 0 amide bonds. The summed E-state index contributed by atoms with van der Waals surface area (Å²) >= 11 is 0. The number of anilines is 6. The van der Waals surface area contributed by atoms with Gasteiger partial charge in [0.15, 0.2) is 34.7 Å². The van der Waals surface area contributed by atoms with E-state index < -0.39 is 11.9 Å². The second kappa shape index (κ2) is 11.5. The molecule has 4 aromatic rings. The van der Waals surface area contributed by atoms with Crippen molar-refractivity contribution in [3.63, 3.8) is 0 Å². The van der Waals surface area contributed by atoms with Crippen molar-refractivity contribution in [2.45, 2.75) is 40.5 Å². The fourth-order valence-corrected chi connectivity index (χ4v) is 4.60. The summed E-state index contributed by atoms with van der Waals surface area (Å²) in [5, 5.41) is 0. The smallest absolute Gasteiger partial charge is 0.359 e. The SMILES string of the molecule is CCOC(=O)c1nc2c(nc1C(=O)OCC)N(c1ccccc1)c1nc(CC)c(CC)nc1N2c1ccccc1. The Balaban J connectivity index is 1.89. The predicted octanol–water partition coefficient (Wildman–Crippen LogP) is 6.00. The molecule has 10 heteroatoms. The number of nitrogens with zero attached hydrogens (tertiary/aromatic N) is 6. The topological polar surface area (TPSA) is 111 Å². The third kappa shape index (κ3) is 4.72. The molecule has 5 rings (SSSR count). The van der Waals surface area contributed by atoms with E-state index in [1.54, 1.807) is 13.8 Å². The molecule has 0 atom stereocenters. The highest BCUT2D eigenvalue weighted by atomic mass is 16.5. The standard InChI is InChI=1S/C30H30N6O4/c1-5-21-22(6-2)32-26-25(31-21)35(19-15-11-9-12-16-19)27-28(36(26)20-17-13-10-14-18-20)34-24(30(38)40-8-4)23(33-27)29(37)39-7-3/h9-18H,5-8H2,1-4H3. The minimum absolute atomic E-state index is 0.104. The van der Waals surface area contributed by atoms with Crippen LogP contribution < -0.4 is 9.80 Å². The summed E-state index contributed by atoms with van der Waals surface area (Å²) in [7, 11) is 0. The van der Waals surface area contributed by atoms with E-state index in [1.165, 1.54) is 0 Å². The molecule has 0 N–H and O–H groups in total. The number of benzene rings is 2. The number of ether oxygens (including phenoxy) is 2. The Hall–Kier alpha value is -4.86. The lowest BCUT2D eigenvalue weighted by atomic mass is 10.1. The molecular weight excluding hydrogens is 508 g/mol. The molecule has 0 radical (unpaired) electrons. The number of aryl methyl sites for hydroxylation is 2. The Kier molecular flexibility index (Phi) is 7.68. The number of hydrogen-bond donors (Lipinski definition) is 0. The maximum atomic E-state index is 13.1. The molecule has 0 fully saturated rings. The van der Waals surface area contributed by atoms with Gasteiger partial charge in [-0.05, 0) is 51.0 Å². The molecule has 0 unspecified atom stereocenters. The average Bonchev–Trinajstić information content (AvgIpc) is 2.99. The number of carbonyl (C=O) groups is 2. The molecule has 0 saturated heterocycles. The van der Waals surface area contributed by atoms with Crippen LogP contribution in [0.15, 0.2) is 60.7 Å². The van der Waals surface area contributed by atoms with Gasteiger partial charge >= 0.3 is 11.9 Å². The van der Waals surface area contributed by atoms with Crippen LogP contribution in [0, 0.1) is 0 Å². The molecule has 3 heterocycles. The molecule has 0 aliphatic carbocycles. The first kappa shape index (κ1) is 26.7. The first-order valence-electron chi connectivity index (χ1n) is 13.4. The first-order valence-corrected chi connectivity index (χ1v) is 13.4. The summed E-state index contributed by atoms with van der Waals surface area (Å²) in [6.07, 6.45) is 1.37. The number of para-hydroxylation sites is 2. The third-order valence-electron chi connectivity index (χ3n) is 6.36. The minimum atomic E-state index is -0.771. The molecule has 0 saturated carbocycles. The summed E-state index contributed by atoms with van der Waals surface area (Å²) in [6, 6.07) is 19.1. The highest BCUT2D eigenvalue weighted by molar-refractivity contribution is 6.04. The lowest BCUT2D eigenvalue weighted by Gasteiger charge is -2.37. The van der Waals surface area contributed by atoms with Gasteiger partial charge in [-0.2, -0.15) is 0 Å². The third-order valence-corrected chi connectivity index (χ3v) is 6.36. The van der Waals surface area contributed by atoms with E-state index in [-0.39, 0.29) is 24.6 Å². The highest BCUT2D eigenvalue weighted by Gasteiger charge is 2.39. The monoisotopic (exact) mass is 538 g/mol. The molecule has 0 bridgehead atoms. The Morgan fingerprint density at radius 2 is 0.925 bits per heavy atom. The van der Waals surface area contributed by atoms with Crippen LogP contribution in [0.1, 0.15) is 60.1 Å². The van der Waals surface area contributed by atoms with Crippen LogP contribution >= 0.6 is 0 Å². The van der Waals surface area contributed by atoms with Gasteiger partial charge in [-0.25, -0.2) is 29.5 Å². The summed E-state index contributed by atoms with van der Waals surface area (Å²) in [5.74, 6) is 0.132. The summed E-state index contributed by atoms with van der Waals surface area (Å²) in [6.45, 7) is 7.66. The number of carbonyl (C=O) groups excluding carboxylic acids is 2. The number of fused-ring (bicyclic) bond motifs is 2. The number of rotatable bonds is 8. The lowest BCUT2D eigenvalue weighted by Crippen LogP contribution is -2.31. The fraction of sp³-hybridized carbons (Fsp3) is 0.267. The van der Waals surface area contributed by atoms with Crippen molar-refractivity contribution in [3.05, 3.63) is 83.4 Å². The van der Waals surface area contributed by atoms with Gasteiger partial charge in [-0.1, -0.05) is 50.2 Å². The molecule has 10 nitrogen and oxygen atoms in total. The van der Waals surface area contributed by atoms with E-state index >= 15 is 0 Å². The van der Waals surface area contributed by atoms with Crippen LogP contribution in [-0.4, -0.2) is 45.1 Å². The van der Waals surface area contributed by atoms with Gasteiger partial charge in [0.2, 0.25) is 0 Å². The van der Waals surface area contributed by atoms with Gasteiger partial charge in [0, 0.05) is 11.4 Å². The predicted molar refractivity (Wildman–Crippen MR) is 151 cm³/mol. The molecule has 0 spiro atoms. The van der Waals surface area contributed by atoms with Crippen molar-refractivity contribution >= 4 is 46.6 Å². The van der Waals surface area contributed by atoms with E-state index in [4.69, 9.17) is 29.4 Å². The van der Waals surface area contributed by atoms with Gasteiger partial charge in [0.25, 0.3) is 0 Å². The van der Waals surface area contributed by atoms with Gasteiger partial charge in [-0.3, -0.25) is 9.80 Å². The van der Waals surface area contributed by atoms with Crippen LogP contribution in [0.4, 0.5) is 34.6 Å². The van der Waals surface area contributed by atoms with Gasteiger partial charge in [0.1, 0.15) is 0 Å².